The number of fused-ring (bicyclic) bond motifs is 1. The number of sulfone groups is 1. The van der Waals surface area contributed by atoms with E-state index in [-0.39, 0.29) is 16.4 Å². The van der Waals surface area contributed by atoms with E-state index in [4.69, 9.17) is 4.74 Å². The summed E-state index contributed by atoms with van der Waals surface area (Å²) >= 11 is 0. The van der Waals surface area contributed by atoms with Gasteiger partial charge in [0.15, 0.2) is 16.4 Å². The van der Waals surface area contributed by atoms with Crippen LogP contribution in [0.5, 0.6) is 0 Å². The lowest BCUT2D eigenvalue weighted by Crippen LogP contribution is -2.33. The predicted octanol–water partition coefficient (Wildman–Crippen LogP) is 1.84. The number of carbonyl (C=O) groups is 2. The number of benzene rings is 2. The highest BCUT2D eigenvalue weighted by Crippen LogP contribution is 2.27. The second-order valence-corrected chi connectivity index (χ2v) is 7.82. The van der Waals surface area contributed by atoms with Gasteiger partial charge in [0.2, 0.25) is 0 Å². The standard InChI is InChI=1S/C18H17NO5S/c1-25(22,23)15-7-4-6-14(11-15)18(21)24-12-17(20)19-10-9-13-5-2-3-8-16(13)19/h2-8,11H,9-10,12H2,1H3. The largest absolute Gasteiger partial charge is 0.452 e. The van der Waals surface area contributed by atoms with Crippen LogP contribution in [0.4, 0.5) is 5.69 Å². The van der Waals surface area contributed by atoms with Crippen molar-refractivity contribution in [1.82, 2.24) is 0 Å². The summed E-state index contributed by atoms with van der Waals surface area (Å²) in [5.41, 5.74) is 2.02. The number of rotatable bonds is 4. The van der Waals surface area contributed by atoms with Crippen LogP contribution < -0.4 is 4.90 Å². The predicted molar refractivity (Wildman–Crippen MR) is 92.3 cm³/mol. The molecular weight excluding hydrogens is 342 g/mol. The molecule has 0 aromatic heterocycles. The molecule has 130 valence electrons. The SMILES string of the molecule is CS(=O)(=O)c1cccc(C(=O)OCC(=O)N2CCc3ccccc32)c1. The van der Waals surface area contributed by atoms with Crippen molar-refractivity contribution in [2.24, 2.45) is 0 Å². The lowest BCUT2D eigenvalue weighted by atomic mass is 10.2. The van der Waals surface area contributed by atoms with Gasteiger partial charge in [0, 0.05) is 18.5 Å². The van der Waals surface area contributed by atoms with Gasteiger partial charge in [-0.25, -0.2) is 13.2 Å². The van der Waals surface area contributed by atoms with E-state index >= 15 is 0 Å². The molecule has 0 fully saturated rings. The van der Waals surface area contributed by atoms with Gasteiger partial charge in [0.05, 0.1) is 10.5 Å². The minimum Gasteiger partial charge on any atom is -0.452 e. The molecule has 0 saturated carbocycles. The van der Waals surface area contributed by atoms with E-state index in [2.05, 4.69) is 0 Å². The average Bonchev–Trinajstić information content (AvgIpc) is 3.03. The van der Waals surface area contributed by atoms with E-state index < -0.39 is 22.4 Å². The quantitative estimate of drug-likeness (QED) is 0.778. The maximum absolute atomic E-state index is 12.3. The van der Waals surface area contributed by atoms with Crippen molar-refractivity contribution in [1.29, 1.82) is 0 Å². The maximum atomic E-state index is 12.3. The van der Waals surface area contributed by atoms with Crippen molar-refractivity contribution < 1.29 is 22.7 Å². The molecule has 1 amide bonds. The number of para-hydroxylation sites is 1. The number of hydrogen-bond acceptors (Lipinski definition) is 5. The molecule has 1 aliphatic heterocycles. The van der Waals surface area contributed by atoms with E-state index in [1.54, 1.807) is 4.90 Å². The molecule has 0 spiro atoms. The zero-order valence-corrected chi connectivity index (χ0v) is 14.5. The van der Waals surface area contributed by atoms with E-state index in [0.29, 0.717) is 6.54 Å². The zero-order valence-electron chi connectivity index (χ0n) is 13.6. The van der Waals surface area contributed by atoms with Crippen molar-refractivity contribution in [2.75, 3.05) is 24.3 Å². The Hall–Kier alpha value is -2.67. The molecule has 3 rings (SSSR count). The summed E-state index contributed by atoms with van der Waals surface area (Å²) in [6.07, 6.45) is 1.83. The van der Waals surface area contributed by atoms with Crippen molar-refractivity contribution in [3.63, 3.8) is 0 Å². The third-order valence-electron chi connectivity index (χ3n) is 4.01. The van der Waals surface area contributed by atoms with E-state index in [9.17, 15) is 18.0 Å². The van der Waals surface area contributed by atoms with Gasteiger partial charge >= 0.3 is 5.97 Å². The highest BCUT2D eigenvalue weighted by atomic mass is 32.2. The third kappa shape index (κ3) is 3.71. The summed E-state index contributed by atoms with van der Waals surface area (Å²) in [5.74, 6) is -1.04. The first-order valence-corrected chi connectivity index (χ1v) is 9.61. The lowest BCUT2D eigenvalue weighted by molar-refractivity contribution is -0.121. The number of anilines is 1. The Kier molecular flexibility index (Phi) is 4.59. The van der Waals surface area contributed by atoms with Crippen LogP contribution in [0.2, 0.25) is 0 Å². The molecule has 2 aromatic rings. The fourth-order valence-electron chi connectivity index (χ4n) is 2.74. The van der Waals surface area contributed by atoms with Gasteiger partial charge in [-0.15, -0.1) is 0 Å². The van der Waals surface area contributed by atoms with Crippen molar-refractivity contribution >= 4 is 27.4 Å². The monoisotopic (exact) mass is 359 g/mol. The number of nitrogens with zero attached hydrogens (tertiary/aromatic N) is 1. The summed E-state index contributed by atoms with van der Waals surface area (Å²) in [6.45, 7) is 0.162. The second kappa shape index (κ2) is 6.68. The van der Waals surface area contributed by atoms with Crippen molar-refractivity contribution in [3.05, 3.63) is 59.7 Å². The Bertz CT molecular complexity index is 936. The summed E-state index contributed by atoms with van der Waals surface area (Å²) < 4.78 is 28.2. The summed E-state index contributed by atoms with van der Waals surface area (Å²) in [6, 6.07) is 13.2. The molecule has 6 nitrogen and oxygen atoms in total. The molecule has 2 aromatic carbocycles. The summed E-state index contributed by atoms with van der Waals surface area (Å²) in [7, 11) is -3.42. The molecular formula is C18H17NO5S. The molecule has 0 aliphatic carbocycles. The molecule has 1 heterocycles. The molecule has 0 atom stereocenters. The van der Waals surface area contributed by atoms with Crippen LogP contribution in [0.3, 0.4) is 0 Å². The third-order valence-corrected chi connectivity index (χ3v) is 5.12. The molecule has 0 unspecified atom stereocenters. The molecule has 1 aliphatic rings. The van der Waals surface area contributed by atoms with Crippen LogP contribution in [-0.2, 0) is 25.8 Å². The maximum Gasteiger partial charge on any atom is 0.338 e. The number of hydrogen-bond donors (Lipinski definition) is 0. The fraction of sp³-hybridized carbons (Fsp3) is 0.222. The molecule has 0 radical (unpaired) electrons. The van der Waals surface area contributed by atoms with Gasteiger partial charge in [-0.3, -0.25) is 4.79 Å². The van der Waals surface area contributed by atoms with Crippen LogP contribution in [0.1, 0.15) is 15.9 Å². The van der Waals surface area contributed by atoms with Gasteiger partial charge in [-0.2, -0.15) is 0 Å². The highest BCUT2D eigenvalue weighted by Gasteiger charge is 2.25. The fourth-order valence-corrected chi connectivity index (χ4v) is 3.41. The minimum absolute atomic E-state index is 0.0294. The summed E-state index contributed by atoms with van der Waals surface area (Å²) in [4.78, 5) is 26.0. The first kappa shape index (κ1) is 17.2. The smallest absolute Gasteiger partial charge is 0.338 e. The van der Waals surface area contributed by atoms with Crippen LogP contribution in [-0.4, -0.2) is 39.7 Å². The van der Waals surface area contributed by atoms with Crippen LogP contribution in [0.25, 0.3) is 0 Å². The molecule has 25 heavy (non-hydrogen) atoms. The topological polar surface area (TPSA) is 80.7 Å². The summed E-state index contributed by atoms with van der Waals surface area (Å²) in [5, 5.41) is 0. The van der Waals surface area contributed by atoms with E-state index in [1.807, 2.05) is 24.3 Å². The zero-order chi connectivity index (χ0) is 18.0. The average molecular weight is 359 g/mol. The van der Waals surface area contributed by atoms with Gasteiger partial charge in [-0.05, 0) is 36.2 Å². The second-order valence-electron chi connectivity index (χ2n) is 5.80. The number of carbonyl (C=O) groups excluding carboxylic acids is 2. The van der Waals surface area contributed by atoms with Gasteiger partial charge < -0.3 is 9.64 Å². The lowest BCUT2D eigenvalue weighted by Gasteiger charge is -2.17. The number of esters is 1. The molecule has 0 N–H and O–H groups in total. The Morgan fingerprint density at radius 1 is 1.12 bits per heavy atom. The molecule has 0 saturated heterocycles. The van der Waals surface area contributed by atoms with E-state index in [0.717, 1.165) is 23.9 Å². The Labute approximate surface area is 145 Å². The van der Waals surface area contributed by atoms with Crippen LogP contribution in [0, 0.1) is 0 Å². The van der Waals surface area contributed by atoms with Crippen LogP contribution >= 0.6 is 0 Å². The Morgan fingerprint density at radius 3 is 2.64 bits per heavy atom. The Morgan fingerprint density at radius 2 is 1.88 bits per heavy atom. The van der Waals surface area contributed by atoms with E-state index in [1.165, 1.54) is 24.3 Å². The first-order chi connectivity index (χ1) is 11.9. The normalized spacial score (nSPS) is 13.4. The van der Waals surface area contributed by atoms with Gasteiger partial charge in [0.1, 0.15) is 0 Å². The highest BCUT2D eigenvalue weighted by molar-refractivity contribution is 7.90. The van der Waals surface area contributed by atoms with Gasteiger partial charge in [-0.1, -0.05) is 24.3 Å². The molecule has 0 bridgehead atoms. The van der Waals surface area contributed by atoms with Gasteiger partial charge in [0.25, 0.3) is 5.91 Å². The van der Waals surface area contributed by atoms with Crippen molar-refractivity contribution in [3.8, 4) is 0 Å². The van der Waals surface area contributed by atoms with Crippen LogP contribution in [0.15, 0.2) is 53.4 Å². The Balaban J connectivity index is 1.66. The number of amides is 1. The molecule has 7 heteroatoms. The number of ether oxygens (including phenoxy) is 1. The minimum atomic E-state index is -3.42. The van der Waals surface area contributed by atoms with Crippen molar-refractivity contribution in [2.45, 2.75) is 11.3 Å². The first-order valence-electron chi connectivity index (χ1n) is 7.72.